The standard InChI is InChI=1S/C22H14Cl2N6O3S2/c23-14-3-6-17(24)18(9-14)35(32,33)30-15-4-1-12(2-5-15)19-25-10-16-20(26-19)28-29-21(16)27-22(31)13-7-8-34-11-13/h1-11,30H,(H2,25,26,27,28,29,31). The average molecular weight is 545 g/mol. The number of thiophene rings is 1. The highest BCUT2D eigenvalue weighted by Crippen LogP contribution is 2.28. The van der Waals surface area contributed by atoms with Gasteiger partial charge in [-0.05, 0) is 53.9 Å². The number of nitrogens with one attached hydrogen (secondary N) is 3. The van der Waals surface area contributed by atoms with E-state index in [1.54, 1.807) is 41.9 Å². The van der Waals surface area contributed by atoms with E-state index < -0.39 is 10.0 Å². The number of fused-ring (bicyclic) bond motifs is 1. The van der Waals surface area contributed by atoms with Crippen LogP contribution in [0, 0.1) is 0 Å². The van der Waals surface area contributed by atoms with Crippen LogP contribution in [0.1, 0.15) is 10.4 Å². The summed E-state index contributed by atoms with van der Waals surface area (Å²) in [6, 6.07) is 12.4. The Hall–Kier alpha value is -3.51. The second kappa shape index (κ2) is 9.27. The van der Waals surface area contributed by atoms with Crippen LogP contribution in [0.2, 0.25) is 10.0 Å². The van der Waals surface area contributed by atoms with Crippen molar-refractivity contribution in [2.45, 2.75) is 4.90 Å². The fraction of sp³-hybridized carbons (Fsp3) is 0. The van der Waals surface area contributed by atoms with Gasteiger partial charge in [0.1, 0.15) is 4.90 Å². The van der Waals surface area contributed by atoms with Gasteiger partial charge in [0.25, 0.3) is 15.9 Å². The topological polar surface area (TPSA) is 130 Å². The van der Waals surface area contributed by atoms with E-state index in [-0.39, 0.29) is 20.8 Å². The summed E-state index contributed by atoms with van der Waals surface area (Å²) in [7, 11) is -3.94. The van der Waals surface area contributed by atoms with Gasteiger partial charge in [-0.3, -0.25) is 14.6 Å². The van der Waals surface area contributed by atoms with Crippen molar-refractivity contribution in [3.8, 4) is 11.4 Å². The largest absolute Gasteiger partial charge is 0.304 e. The van der Waals surface area contributed by atoms with Crippen molar-refractivity contribution in [1.29, 1.82) is 0 Å². The molecule has 2 aromatic carbocycles. The Kier molecular flexibility index (Phi) is 6.15. The molecular formula is C22H14Cl2N6O3S2. The second-order valence-electron chi connectivity index (χ2n) is 7.25. The van der Waals surface area contributed by atoms with Crippen LogP contribution in [0.15, 0.2) is 70.4 Å². The van der Waals surface area contributed by atoms with Gasteiger partial charge in [0.15, 0.2) is 17.3 Å². The van der Waals surface area contributed by atoms with Crippen LogP contribution in [0.25, 0.3) is 22.4 Å². The number of sulfonamides is 1. The lowest BCUT2D eigenvalue weighted by molar-refractivity contribution is 0.102. The lowest BCUT2D eigenvalue weighted by atomic mass is 10.2. The van der Waals surface area contributed by atoms with Gasteiger partial charge < -0.3 is 5.32 Å². The normalized spacial score (nSPS) is 11.5. The first-order valence-electron chi connectivity index (χ1n) is 9.93. The van der Waals surface area contributed by atoms with Crippen LogP contribution in [-0.4, -0.2) is 34.5 Å². The Morgan fingerprint density at radius 3 is 2.60 bits per heavy atom. The summed E-state index contributed by atoms with van der Waals surface area (Å²) in [4.78, 5) is 21.0. The molecule has 1 amide bonds. The molecule has 0 radical (unpaired) electrons. The molecule has 0 unspecified atom stereocenters. The summed E-state index contributed by atoms with van der Waals surface area (Å²) < 4.78 is 27.9. The van der Waals surface area contributed by atoms with Crippen LogP contribution in [-0.2, 0) is 10.0 Å². The first-order valence-corrected chi connectivity index (χ1v) is 13.1. The number of aromatic nitrogens is 4. The molecule has 9 nitrogen and oxygen atoms in total. The van der Waals surface area contributed by atoms with Crippen LogP contribution in [0.4, 0.5) is 11.5 Å². The summed E-state index contributed by atoms with van der Waals surface area (Å²) in [5.41, 5.74) is 1.95. The summed E-state index contributed by atoms with van der Waals surface area (Å²) in [6.07, 6.45) is 1.56. The fourth-order valence-electron chi connectivity index (χ4n) is 3.20. The highest BCUT2D eigenvalue weighted by molar-refractivity contribution is 7.92. The van der Waals surface area contributed by atoms with E-state index in [0.29, 0.717) is 39.5 Å². The minimum absolute atomic E-state index is 0.0608. The Morgan fingerprint density at radius 2 is 1.86 bits per heavy atom. The number of rotatable bonds is 6. The lowest BCUT2D eigenvalue weighted by Gasteiger charge is -2.10. The van der Waals surface area contributed by atoms with Crippen LogP contribution < -0.4 is 10.0 Å². The molecule has 3 N–H and O–H groups in total. The predicted molar refractivity (Wildman–Crippen MR) is 137 cm³/mol. The van der Waals surface area contributed by atoms with Gasteiger partial charge >= 0.3 is 0 Å². The molecule has 5 aromatic rings. The maximum absolute atomic E-state index is 12.7. The Morgan fingerprint density at radius 1 is 1.06 bits per heavy atom. The molecule has 35 heavy (non-hydrogen) atoms. The first-order chi connectivity index (χ1) is 16.8. The maximum Gasteiger partial charge on any atom is 0.263 e. The molecule has 0 aliphatic rings. The minimum Gasteiger partial charge on any atom is -0.304 e. The molecule has 3 heterocycles. The van der Waals surface area contributed by atoms with Gasteiger partial charge in [-0.25, -0.2) is 18.4 Å². The monoisotopic (exact) mass is 544 g/mol. The van der Waals surface area contributed by atoms with Crippen molar-refractivity contribution >= 4 is 73.0 Å². The van der Waals surface area contributed by atoms with E-state index in [0.717, 1.165) is 0 Å². The van der Waals surface area contributed by atoms with Gasteiger partial charge in [-0.2, -0.15) is 16.4 Å². The number of carbonyl (C=O) groups excluding carboxylic acids is 1. The van der Waals surface area contributed by atoms with Crippen molar-refractivity contribution in [2.24, 2.45) is 0 Å². The molecule has 3 aromatic heterocycles. The molecule has 0 aliphatic carbocycles. The molecular weight excluding hydrogens is 531 g/mol. The van der Waals surface area contributed by atoms with E-state index in [2.05, 4.69) is 30.2 Å². The number of amides is 1. The number of benzene rings is 2. The third-order valence-electron chi connectivity index (χ3n) is 4.91. The van der Waals surface area contributed by atoms with Crippen molar-refractivity contribution < 1.29 is 13.2 Å². The third-order valence-corrected chi connectivity index (χ3v) is 7.69. The number of aromatic amines is 1. The molecule has 176 valence electrons. The van der Waals surface area contributed by atoms with Gasteiger partial charge in [-0.1, -0.05) is 23.2 Å². The molecule has 0 aliphatic heterocycles. The number of nitrogens with zero attached hydrogens (tertiary/aromatic N) is 3. The molecule has 0 bridgehead atoms. The SMILES string of the molecule is O=C(Nc1n[nH]c2nc(-c3ccc(NS(=O)(=O)c4cc(Cl)ccc4Cl)cc3)ncc12)c1ccsc1. The highest BCUT2D eigenvalue weighted by Gasteiger charge is 2.19. The minimum atomic E-state index is -3.94. The lowest BCUT2D eigenvalue weighted by Crippen LogP contribution is -2.13. The highest BCUT2D eigenvalue weighted by atomic mass is 35.5. The number of H-pyrrole nitrogens is 1. The first kappa shape index (κ1) is 23.2. The quantitative estimate of drug-likeness (QED) is 0.261. The summed E-state index contributed by atoms with van der Waals surface area (Å²) in [5.74, 6) is 0.442. The number of hydrogen-bond acceptors (Lipinski definition) is 7. The van der Waals surface area contributed by atoms with Crippen molar-refractivity contribution in [2.75, 3.05) is 10.0 Å². The van der Waals surface area contributed by atoms with Crippen molar-refractivity contribution in [3.63, 3.8) is 0 Å². The van der Waals surface area contributed by atoms with E-state index >= 15 is 0 Å². The van der Waals surface area contributed by atoms with Crippen LogP contribution in [0.3, 0.4) is 0 Å². The molecule has 0 saturated carbocycles. The second-order valence-corrected chi connectivity index (χ2v) is 10.5. The van der Waals surface area contributed by atoms with Crippen LogP contribution >= 0.6 is 34.5 Å². The Labute approximate surface area is 213 Å². The molecule has 13 heteroatoms. The van der Waals surface area contributed by atoms with Gasteiger partial charge in [-0.15, -0.1) is 0 Å². The van der Waals surface area contributed by atoms with E-state index in [1.165, 1.54) is 29.5 Å². The zero-order valence-corrected chi connectivity index (χ0v) is 20.6. The predicted octanol–water partition coefficient (Wildman–Crippen LogP) is 5.44. The van der Waals surface area contributed by atoms with Gasteiger partial charge in [0.05, 0.1) is 16.0 Å². The molecule has 0 spiro atoms. The van der Waals surface area contributed by atoms with Crippen molar-refractivity contribution in [1.82, 2.24) is 20.2 Å². The zero-order valence-electron chi connectivity index (χ0n) is 17.5. The third kappa shape index (κ3) is 4.84. The van der Waals surface area contributed by atoms with Crippen LogP contribution in [0.5, 0.6) is 0 Å². The molecule has 0 saturated heterocycles. The van der Waals surface area contributed by atoms with E-state index in [9.17, 15) is 13.2 Å². The number of halogens is 2. The van der Waals surface area contributed by atoms with E-state index in [1.807, 2.05) is 5.38 Å². The average Bonchev–Trinajstić information content (AvgIpc) is 3.51. The summed E-state index contributed by atoms with van der Waals surface area (Å²) in [5, 5.41) is 14.1. The van der Waals surface area contributed by atoms with Gasteiger partial charge in [0, 0.05) is 27.9 Å². The summed E-state index contributed by atoms with van der Waals surface area (Å²) in [6.45, 7) is 0. The smallest absolute Gasteiger partial charge is 0.263 e. The number of anilines is 2. The summed E-state index contributed by atoms with van der Waals surface area (Å²) >= 11 is 13.4. The number of hydrogen-bond donors (Lipinski definition) is 3. The van der Waals surface area contributed by atoms with Crippen molar-refractivity contribution in [3.05, 3.63) is 81.1 Å². The maximum atomic E-state index is 12.7. The van der Waals surface area contributed by atoms with E-state index in [4.69, 9.17) is 23.2 Å². The Balaban J connectivity index is 1.35. The van der Waals surface area contributed by atoms with Gasteiger partial charge in [0.2, 0.25) is 0 Å². The fourth-order valence-corrected chi connectivity index (χ4v) is 5.66. The number of carbonyl (C=O) groups is 1. The zero-order chi connectivity index (χ0) is 24.6. The molecule has 0 fully saturated rings. The molecule has 5 rings (SSSR count). The molecule has 0 atom stereocenters. The Bertz CT molecular complexity index is 1650.